The monoisotopic (exact) mass is 179 g/mol. The number of nitrogens with one attached hydrogen (secondary N) is 1. The molecule has 0 spiro atoms. The second kappa shape index (κ2) is 7.71. The number of nitrogens with zero attached hydrogens (tertiary/aromatic N) is 2. The van der Waals surface area contributed by atoms with Crippen molar-refractivity contribution in [2.75, 3.05) is 12.3 Å². The van der Waals surface area contributed by atoms with E-state index in [4.69, 9.17) is 11.7 Å². The number of aliphatic imine (C=N–C) groups is 1. The summed E-state index contributed by atoms with van der Waals surface area (Å²) >= 11 is 1.39. The molecule has 0 unspecified atom stereocenters. The molecule has 0 bridgehead atoms. The van der Waals surface area contributed by atoms with Crippen LogP contribution in [0.25, 0.3) is 0 Å². The summed E-state index contributed by atoms with van der Waals surface area (Å²) in [4.78, 5) is 3.93. The van der Waals surface area contributed by atoms with E-state index < -0.39 is 0 Å². The van der Waals surface area contributed by atoms with Crippen LogP contribution in [0.2, 0.25) is 0 Å². The zero-order valence-corrected chi connectivity index (χ0v) is 7.40. The minimum atomic E-state index is 0.286. The first-order valence-electron chi connectivity index (χ1n) is 3.21. The number of terminal acetylenes is 1. The predicted molar refractivity (Wildman–Crippen MR) is 52.5 cm³/mol. The van der Waals surface area contributed by atoms with Gasteiger partial charge in [-0.3, -0.25) is 5.32 Å². The fourth-order valence-electron chi connectivity index (χ4n) is 0.424. The van der Waals surface area contributed by atoms with Crippen molar-refractivity contribution >= 4 is 16.9 Å². The Hall–Kier alpha value is -1.39. The van der Waals surface area contributed by atoms with Crippen molar-refractivity contribution < 1.29 is 0 Å². The van der Waals surface area contributed by atoms with Crippen LogP contribution in [0.15, 0.2) is 17.6 Å². The largest absolute Gasteiger partial charge is 0.272 e. The van der Waals surface area contributed by atoms with Gasteiger partial charge in [0.25, 0.3) is 0 Å². The van der Waals surface area contributed by atoms with Gasteiger partial charge in [0.05, 0.1) is 0 Å². The minimum absolute atomic E-state index is 0.286. The van der Waals surface area contributed by atoms with Gasteiger partial charge in [0, 0.05) is 5.75 Å². The summed E-state index contributed by atoms with van der Waals surface area (Å²) in [5.74, 6) is 3.06. The Morgan fingerprint density at radius 3 is 3.08 bits per heavy atom. The minimum Gasteiger partial charge on any atom is -0.272 e. The lowest BCUT2D eigenvalue weighted by molar-refractivity contribution is 1.21. The van der Waals surface area contributed by atoms with Gasteiger partial charge < -0.3 is 0 Å². The summed E-state index contributed by atoms with van der Waals surface area (Å²) in [6, 6.07) is 0. The van der Waals surface area contributed by atoms with E-state index in [9.17, 15) is 0 Å². The van der Waals surface area contributed by atoms with Gasteiger partial charge in [-0.1, -0.05) is 23.8 Å². The quantitative estimate of drug-likeness (QED) is 0.175. The number of thioether (sulfide) groups is 1. The highest BCUT2D eigenvalue weighted by Gasteiger charge is 1.94. The van der Waals surface area contributed by atoms with E-state index in [0.717, 1.165) is 0 Å². The number of nitriles is 1. The lowest BCUT2D eigenvalue weighted by atomic mass is 10.7. The second-order valence-corrected chi connectivity index (χ2v) is 2.67. The second-order valence-electron chi connectivity index (χ2n) is 1.66. The Kier molecular flexibility index (Phi) is 6.82. The average molecular weight is 179 g/mol. The van der Waals surface area contributed by atoms with Gasteiger partial charge in [0.1, 0.15) is 6.54 Å². The molecule has 3 nitrogen and oxygen atoms in total. The molecule has 0 saturated carbocycles. The standard InChI is InChI=1S/C8H9N3S/c1-3-5-10-8(11-7-9)12-6-4-2/h1,4H,2,5-6H2,(H,10,11). The third-order valence-electron chi connectivity index (χ3n) is 0.815. The molecule has 0 atom stereocenters. The highest BCUT2D eigenvalue weighted by molar-refractivity contribution is 8.13. The van der Waals surface area contributed by atoms with Gasteiger partial charge in [-0.2, -0.15) is 5.26 Å². The fraction of sp³-hybridized carbons (Fsp3) is 0.250. The zero-order chi connectivity index (χ0) is 9.23. The Labute approximate surface area is 76.6 Å². The summed E-state index contributed by atoms with van der Waals surface area (Å²) in [6.45, 7) is 3.83. The summed E-state index contributed by atoms with van der Waals surface area (Å²) in [5.41, 5.74) is 0. The van der Waals surface area contributed by atoms with Crippen molar-refractivity contribution in [3.8, 4) is 18.5 Å². The van der Waals surface area contributed by atoms with Crippen LogP contribution < -0.4 is 5.32 Å². The molecule has 0 radical (unpaired) electrons. The van der Waals surface area contributed by atoms with E-state index in [2.05, 4.69) is 22.8 Å². The van der Waals surface area contributed by atoms with Gasteiger partial charge in [-0.25, -0.2) is 4.99 Å². The Balaban J connectivity index is 3.96. The lowest BCUT2D eigenvalue weighted by Crippen LogP contribution is -2.14. The molecule has 0 aliphatic carbocycles. The molecule has 0 saturated heterocycles. The van der Waals surface area contributed by atoms with Crippen molar-refractivity contribution in [3.63, 3.8) is 0 Å². The third kappa shape index (κ3) is 5.40. The zero-order valence-electron chi connectivity index (χ0n) is 6.58. The van der Waals surface area contributed by atoms with E-state index in [-0.39, 0.29) is 6.54 Å². The molecule has 12 heavy (non-hydrogen) atoms. The first-order chi connectivity index (χ1) is 5.85. The maximum Gasteiger partial charge on any atom is 0.183 e. The van der Waals surface area contributed by atoms with Gasteiger partial charge in [-0.15, -0.1) is 13.0 Å². The number of amidine groups is 1. The maximum absolute atomic E-state index is 8.30. The van der Waals surface area contributed by atoms with Crippen LogP contribution in [-0.2, 0) is 0 Å². The highest BCUT2D eigenvalue weighted by Crippen LogP contribution is 2.00. The molecule has 0 aromatic carbocycles. The predicted octanol–water partition coefficient (Wildman–Crippen LogP) is 0.965. The summed E-state index contributed by atoms with van der Waals surface area (Å²) in [5, 5.41) is 11.3. The van der Waals surface area contributed by atoms with Crippen molar-refractivity contribution in [3.05, 3.63) is 12.7 Å². The van der Waals surface area contributed by atoms with Crippen LogP contribution in [0.4, 0.5) is 0 Å². The van der Waals surface area contributed by atoms with Crippen molar-refractivity contribution in [1.82, 2.24) is 5.32 Å². The molecule has 0 heterocycles. The molecule has 0 amide bonds. The van der Waals surface area contributed by atoms with E-state index in [0.29, 0.717) is 10.9 Å². The Morgan fingerprint density at radius 1 is 1.83 bits per heavy atom. The summed E-state index contributed by atoms with van der Waals surface area (Å²) in [6.07, 6.45) is 8.52. The first kappa shape index (κ1) is 10.6. The van der Waals surface area contributed by atoms with Crippen molar-refractivity contribution in [1.29, 1.82) is 5.26 Å². The average Bonchev–Trinajstić information content (AvgIpc) is 2.10. The Bertz CT molecular complexity index is 244. The maximum atomic E-state index is 8.30. The SMILES string of the molecule is C#CC/N=C(/NC#N)SCC=C. The third-order valence-corrected chi connectivity index (χ3v) is 1.72. The smallest absolute Gasteiger partial charge is 0.183 e. The van der Waals surface area contributed by atoms with Crippen molar-refractivity contribution in [2.45, 2.75) is 0 Å². The van der Waals surface area contributed by atoms with Crippen LogP contribution in [0.1, 0.15) is 0 Å². The molecular weight excluding hydrogens is 170 g/mol. The molecule has 1 N–H and O–H groups in total. The van der Waals surface area contributed by atoms with Gasteiger partial charge in [0.15, 0.2) is 11.4 Å². The van der Waals surface area contributed by atoms with E-state index in [1.54, 1.807) is 12.3 Å². The van der Waals surface area contributed by atoms with Crippen LogP contribution in [0.3, 0.4) is 0 Å². The topological polar surface area (TPSA) is 48.2 Å². The summed E-state index contributed by atoms with van der Waals surface area (Å²) in [7, 11) is 0. The molecule has 0 aliphatic rings. The lowest BCUT2D eigenvalue weighted by Gasteiger charge is -1.98. The van der Waals surface area contributed by atoms with Gasteiger partial charge in [0.2, 0.25) is 0 Å². The number of rotatable bonds is 3. The highest BCUT2D eigenvalue weighted by atomic mass is 32.2. The molecule has 62 valence electrons. The van der Waals surface area contributed by atoms with Gasteiger partial charge >= 0.3 is 0 Å². The molecule has 0 fully saturated rings. The molecule has 0 aliphatic heterocycles. The normalized spacial score (nSPS) is 9.67. The molecule has 0 rings (SSSR count). The molecular formula is C8H9N3S. The molecule has 0 aromatic rings. The van der Waals surface area contributed by atoms with E-state index in [1.807, 2.05) is 0 Å². The Morgan fingerprint density at radius 2 is 2.58 bits per heavy atom. The first-order valence-corrected chi connectivity index (χ1v) is 4.20. The number of hydrogen-bond acceptors (Lipinski definition) is 3. The van der Waals surface area contributed by atoms with E-state index in [1.165, 1.54) is 11.8 Å². The molecule has 0 aromatic heterocycles. The van der Waals surface area contributed by atoms with E-state index >= 15 is 0 Å². The van der Waals surface area contributed by atoms with Crippen LogP contribution in [-0.4, -0.2) is 17.5 Å². The number of hydrogen-bond donors (Lipinski definition) is 1. The van der Waals surface area contributed by atoms with Crippen LogP contribution in [0.5, 0.6) is 0 Å². The van der Waals surface area contributed by atoms with Crippen LogP contribution in [0, 0.1) is 23.8 Å². The summed E-state index contributed by atoms with van der Waals surface area (Å²) < 4.78 is 0. The molecule has 4 heteroatoms. The van der Waals surface area contributed by atoms with Crippen LogP contribution >= 0.6 is 11.8 Å². The van der Waals surface area contributed by atoms with Gasteiger partial charge in [-0.05, 0) is 0 Å². The van der Waals surface area contributed by atoms with Crippen molar-refractivity contribution in [2.24, 2.45) is 4.99 Å². The fourth-order valence-corrected chi connectivity index (χ4v) is 0.974.